The van der Waals surface area contributed by atoms with Crippen LogP contribution in [0.5, 0.6) is 0 Å². The third-order valence-electron chi connectivity index (χ3n) is 8.91. The summed E-state index contributed by atoms with van der Waals surface area (Å²) in [7, 11) is 8.19. The summed E-state index contributed by atoms with van der Waals surface area (Å²) in [5.74, 6) is 0. The summed E-state index contributed by atoms with van der Waals surface area (Å²) in [5.41, 5.74) is 6.70. The normalized spacial score (nSPS) is 14.0. The molecule has 49 heavy (non-hydrogen) atoms. The van der Waals surface area contributed by atoms with Crippen LogP contribution < -0.4 is 10.6 Å². The molecule has 0 atom stereocenters. The average molecular weight is 848 g/mol. The van der Waals surface area contributed by atoms with E-state index in [4.69, 9.17) is 19.1 Å². The van der Waals surface area contributed by atoms with Gasteiger partial charge in [0.2, 0.25) is 0 Å². The second-order valence-corrected chi connectivity index (χ2v) is 33.4. The first-order valence-electron chi connectivity index (χ1n) is 18.2. The van der Waals surface area contributed by atoms with Crippen molar-refractivity contribution in [2.75, 3.05) is 0 Å². The number of benzene rings is 2. The Morgan fingerprint density at radius 1 is 0.327 bits per heavy atom. The molecular formula is C44H80Cl2P2Pd+2. The van der Waals surface area contributed by atoms with E-state index < -0.39 is 15.8 Å². The van der Waals surface area contributed by atoms with Crippen LogP contribution in [0.4, 0.5) is 0 Å². The van der Waals surface area contributed by atoms with E-state index in [0.717, 1.165) is 0 Å². The van der Waals surface area contributed by atoms with E-state index in [-0.39, 0.29) is 37.6 Å². The summed E-state index contributed by atoms with van der Waals surface area (Å²) in [6, 6.07) is 14.9. The van der Waals surface area contributed by atoms with Crippen molar-refractivity contribution in [2.24, 2.45) is 0 Å². The molecule has 0 fully saturated rings. The molecule has 0 nitrogen and oxygen atoms in total. The Kier molecular flexibility index (Phi) is 17.5. The van der Waals surface area contributed by atoms with Gasteiger partial charge >= 0.3 is 35.0 Å². The number of hydrogen-bond acceptors (Lipinski definition) is 0. The van der Waals surface area contributed by atoms with Crippen LogP contribution in [0.1, 0.15) is 188 Å². The van der Waals surface area contributed by atoms with Gasteiger partial charge in [0.1, 0.15) is 0 Å². The van der Waals surface area contributed by atoms with Crippen LogP contribution in [0.15, 0.2) is 36.4 Å². The molecule has 0 N–H and O–H groups in total. The molecule has 0 aromatic heterocycles. The molecule has 288 valence electrons. The van der Waals surface area contributed by atoms with Gasteiger partial charge in [-0.1, -0.05) is 95.2 Å². The molecule has 2 aromatic rings. The first kappa shape index (κ1) is 49.5. The fraction of sp³-hybridized carbons (Fsp3) is 0.727. The zero-order valence-electron chi connectivity index (χ0n) is 36.5. The Labute approximate surface area is 326 Å². The van der Waals surface area contributed by atoms with E-state index in [1.165, 1.54) is 22.3 Å². The van der Waals surface area contributed by atoms with Gasteiger partial charge in [0.15, 0.2) is 0 Å². The molecule has 0 saturated heterocycles. The predicted molar refractivity (Wildman–Crippen MR) is 234 cm³/mol. The standard InChI is InChI=1S/2C22H39P.2ClH.Pd/c2*1-19(2,3)16-13-17(20(4,5)6)15-18(14-16)23(21(7,8)9)22(10,11)12;;;/h2*13-15H,1-12H3;2*1H;/q;;;;+2. The Morgan fingerprint density at radius 3 is 0.571 bits per heavy atom. The van der Waals surface area contributed by atoms with Crippen molar-refractivity contribution in [3.8, 4) is 0 Å². The van der Waals surface area contributed by atoms with Crippen LogP contribution in [0.3, 0.4) is 0 Å². The summed E-state index contributed by atoms with van der Waals surface area (Å²) in [4.78, 5) is 0. The third kappa shape index (κ3) is 16.2. The van der Waals surface area contributed by atoms with Gasteiger partial charge < -0.3 is 0 Å². The van der Waals surface area contributed by atoms with Crippen molar-refractivity contribution in [3.05, 3.63) is 58.7 Å². The summed E-state index contributed by atoms with van der Waals surface area (Å²) in [5, 5.41) is 4.58. The molecule has 0 unspecified atom stereocenters. The van der Waals surface area contributed by atoms with Crippen molar-refractivity contribution in [1.82, 2.24) is 0 Å². The van der Waals surface area contributed by atoms with E-state index in [1.54, 1.807) is 10.6 Å². The minimum atomic E-state index is -0.717. The molecule has 0 amide bonds. The molecule has 0 spiro atoms. The Morgan fingerprint density at radius 2 is 0.469 bits per heavy atom. The molecular weight excluding hydrogens is 768 g/mol. The van der Waals surface area contributed by atoms with E-state index in [1.807, 2.05) is 0 Å². The fourth-order valence-corrected chi connectivity index (χ4v) is 16.4. The van der Waals surface area contributed by atoms with Crippen LogP contribution in [0, 0.1) is 0 Å². The van der Waals surface area contributed by atoms with Crippen LogP contribution in [0.2, 0.25) is 0 Å². The zero-order valence-corrected chi connectivity index (χ0v) is 41.6. The third-order valence-corrected chi connectivity index (χ3v) is 16.6. The summed E-state index contributed by atoms with van der Waals surface area (Å²) < 4.78 is 0. The molecule has 0 radical (unpaired) electrons. The molecule has 0 bridgehead atoms. The van der Waals surface area contributed by atoms with Crippen LogP contribution >= 0.6 is 34.9 Å². The molecule has 2 aromatic carbocycles. The topological polar surface area (TPSA) is 0 Å². The first-order valence-corrected chi connectivity index (χ1v) is 25.2. The van der Waals surface area contributed by atoms with Crippen LogP contribution in [0.25, 0.3) is 0 Å². The van der Waals surface area contributed by atoms with E-state index in [0.29, 0.717) is 20.6 Å². The van der Waals surface area contributed by atoms with Gasteiger partial charge in [-0.05, 0) is 151 Å². The molecule has 2 rings (SSSR count). The Balaban J connectivity index is 0.000000870. The molecule has 0 aliphatic rings. The number of hydrogen-bond donors (Lipinski definition) is 0. The van der Waals surface area contributed by atoms with Crippen molar-refractivity contribution < 1.29 is 15.9 Å². The zero-order chi connectivity index (χ0) is 39.6. The van der Waals surface area contributed by atoms with Gasteiger partial charge in [0, 0.05) is 15.8 Å². The summed E-state index contributed by atoms with van der Waals surface area (Å²) in [6.07, 6.45) is 0. The molecule has 5 heteroatoms. The van der Waals surface area contributed by atoms with Gasteiger partial charge in [0.25, 0.3) is 0 Å². The first-order chi connectivity index (χ1) is 21.3. The van der Waals surface area contributed by atoms with Gasteiger partial charge in [-0.3, -0.25) is 0 Å². The average Bonchev–Trinajstić information content (AvgIpc) is 2.78. The quantitative estimate of drug-likeness (QED) is 0.209. The van der Waals surface area contributed by atoms with E-state index in [9.17, 15) is 0 Å². The second-order valence-electron chi connectivity index (χ2n) is 22.4. The van der Waals surface area contributed by atoms with Crippen molar-refractivity contribution in [1.29, 1.82) is 0 Å². The fourth-order valence-electron chi connectivity index (χ4n) is 7.26. The summed E-state index contributed by atoms with van der Waals surface area (Å²) >= 11 is -0.106. The maximum absolute atomic E-state index is 4.81. The Bertz CT molecular complexity index is 1120. The SMILES string of the molecule is CC(C)(C)c1cc([PH+](C(C)(C)C)C(C)(C)C)cc(C(C)(C)C)c1.CC(C)(C)c1cc([PH+](C(C)(C)C)C(C)(C)C)cc(C(C)(C)C)c1.[Cl][Pd][Cl]. The molecule has 0 aliphatic heterocycles. The second kappa shape index (κ2) is 17.3. The minimum absolute atomic E-state index is 0.106. The van der Waals surface area contributed by atoms with Crippen LogP contribution in [-0.4, -0.2) is 20.6 Å². The maximum atomic E-state index is 4.81. The number of halogens is 2. The molecule has 0 aliphatic carbocycles. The molecule has 0 heterocycles. The summed E-state index contributed by atoms with van der Waals surface area (Å²) in [6.45, 7) is 57.1. The van der Waals surface area contributed by atoms with Crippen LogP contribution in [-0.2, 0) is 37.6 Å². The Hall–Kier alpha value is 0.542. The van der Waals surface area contributed by atoms with Crippen molar-refractivity contribution >= 4 is 45.5 Å². The van der Waals surface area contributed by atoms with Gasteiger partial charge in [-0.2, -0.15) is 0 Å². The predicted octanol–water partition coefficient (Wildman–Crippen LogP) is 14.8. The van der Waals surface area contributed by atoms with E-state index >= 15 is 0 Å². The van der Waals surface area contributed by atoms with Crippen molar-refractivity contribution in [2.45, 2.75) is 208 Å². The number of rotatable bonds is 2. The van der Waals surface area contributed by atoms with Gasteiger partial charge in [-0.15, -0.1) is 0 Å². The van der Waals surface area contributed by atoms with Gasteiger partial charge in [0.05, 0.1) is 31.2 Å². The monoisotopic (exact) mass is 846 g/mol. The molecule has 0 saturated carbocycles. The van der Waals surface area contributed by atoms with Gasteiger partial charge in [-0.25, -0.2) is 0 Å². The van der Waals surface area contributed by atoms with E-state index in [2.05, 4.69) is 203 Å². The van der Waals surface area contributed by atoms with Crippen molar-refractivity contribution in [3.63, 3.8) is 0 Å².